The summed E-state index contributed by atoms with van der Waals surface area (Å²) in [5.41, 5.74) is 0.0116. The molecule has 0 amide bonds. The van der Waals surface area contributed by atoms with Crippen molar-refractivity contribution < 1.29 is 9.90 Å². The van der Waals surface area contributed by atoms with Gasteiger partial charge >= 0.3 is 11.7 Å². The normalized spacial score (nSPS) is 9.00. The topological polar surface area (TPSA) is 65.5 Å². The van der Waals surface area contributed by atoms with Crippen molar-refractivity contribution in [3.8, 4) is 0 Å². The van der Waals surface area contributed by atoms with Gasteiger partial charge in [-0.15, -0.1) is 0 Å². The molecule has 1 aromatic rings. The van der Waals surface area contributed by atoms with Gasteiger partial charge in [-0.3, -0.25) is 0 Å². The Morgan fingerprint density at radius 3 is 2.75 bits per heavy atom. The summed E-state index contributed by atoms with van der Waals surface area (Å²) in [6, 6.07) is 4.38. The molecule has 0 spiro atoms. The molecule has 0 bridgehead atoms. The molecule has 0 heterocycles. The number of carboxylic acids is 1. The molecule has 0 saturated carbocycles. The van der Waals surface area contributed by atoms with Crippen LogP contribution in [0.2, 0.25) is 0 Å². The van der Waals surface area contributed by atoms with E-state index < -0.39 is 5.97 Å². The molecule has 0 atom stereocenters. The van der Waals surface area contributed by atoms with Crippen LogP contribution < -0.4 is 0 Å². The summed E-state index contributed by atoms with van der Waals surface area (Å²) in [5.74, 6) is -1.12. The molecule has 1 N–H and O–H groups in total. The molecule has 0 unspecified atom stereocenters. The third-order valence-corrected chi connectivity index (χ3v) is 1.79. The third kappa shape index (κ3) is 1.60. The highest BCUT2D eigenvalue weighted by Crippen LogP contribution is 2.23. The summed E-state index contributed by atoms with van der Waals surface area (Å²) in [6.45, 7) is 0. The van der Waals surface area contributed by atoms with E-state index in [2.05, 4.69) is 20.9 Å². The molecule has 5 heteroatoms. The van der Waals surface area contributed by atoms with E-state index in [0.29, 0.717) is 4.47 Å². The molecule has 0 radical (unpaired) electrons. The first-order valence-electron chi connectivity index (χ1n) is 3.03. The zero-order chi connectivity index (χ0) is 9.14. The summed E-state index contributed by atoms with van der Waals surface area (Å²) in [6.07, 6.45) is 0. The highest BCUT2D eigenvalue weighted by molar-refractivity contribution is 9.10. The SMILES string of the molecule is N#[N+]c1ccc(Br)cc1C(=O)O. The minimum atomic E-state index is -1.12. The first-order valence-corrected chi connectivity index (χ1v) is 3.82. The van der Waals surface area contributed by atoms with Crippen LogP contribution in [0.1, 0.15) is 10.4 Å². The van der Waals surface area contributed by atoms with E-state index in [1.165, 1.54) is 12.1 Å². The summed E-state index contributed by atoms with van der Waals surface area (Å²) < 4.78 is 0.632. The Hall–Kier alpha value is -1.41. The largest absolute Gasteiger partial charge is 0.477 e. The van der Waals surface area contributed by atoms with E-state index in [9.17, 15) is 4.79 Å². The average Bonchev–Trinajstić information content (AvgIpc) is 2.04. The molecule has 1 aromatic carbocycles. The quantitative estimate of drug-likeness (QED) is 0.751. The lowest BCUT2D eigenvalue weighted by molar-refractivity contribution is 0.0698. The fourth-order valence-corrected chi connectivity index (χ4v) is 1.13. The number of hydrogen-bond acceptors (Lipinski definition) is 2. The van der Waals surface area contributed by atoms with Gasteiger partial charge in [-0.2, -0.15) is 0 Å². The predicted molar refractivity (Wildman–Crippen MR) is 45.8 cm³/mol. The van der Waals surface area contributed by atoms with E-state index in [1.807, 2.05) is 0 Å². The number of rotatable bonds is 1. The van der Waals surface area contributed by atoms with Crippen LogP contribution in [0.5, 0.6) is 0 Å². The van der Waals surface area contributed by atoms with Gasteiger partial charge in [0.15, 0.2) is 10.5 Å². The van der Waals surface area contributed by atoms with Crippen LogP contribution in [0.3, 0.4) is 0 Å². The molecule has 12 heavy (non-hydrogen) atoms. The Morgan fingerprint density at radius 1 is 1.58 bits per heavy atom. The zero-order valence-corrected chi connectivity index (χ0v) is 7.45. The maximum absolute atomic E-state index is 10.5. The van der Waals surface area contributed by atoms with Gasteiger partial charge in [0.1, 0.15) is 0 Å². The Bertz CT molecular complexity index is 370. The molecule has 1 rings (SSSR count). The second-order valence-corrected chi connectivity index (χ2v) is 2.98. The Kier molecular flexibility index (Phi) is 2.41. The van der Waals surface area contributed by atoms with E-state index >= 15 is 0 Å². The third-order valence-electron chi connectivity index (χ3n) is 1.30. The monoisotopic (exact) mass is 227 g/mol. The Balaban J connectivity index is 3.34. The minimum absolute atomic E-state index is 0.0353. The summed E-state index contributed by atoms with van der Waals surface area (Å²) in [4.78, 5) is 13.4. The fourth-order valence-electron chi connectivity index (χ4n) is 0.767. The van der Waals surface area contributed by atoms with Crippen LogP contribution in [0.15, 0.2) is 22.7 Å². The first kappa shape index (κ1) is 8.68. The highest BCUT2D eigenvalue weighted by Gasteiger charge is 2.19. The number of nitrogens with zero attached hydrogens (tertiary/aromatic N) is 2. The van der Waals surface area contributed by atoms with Crippen LogP contribution in [0, 0.1) is 5.39 Å². The fraction of sp³-hybridized carbons (Fsp3) is 0. The number of aromatic carboxylic acids is 1. The standard InChI is InChI=1S/C7H3BrN2O2/c8-4-1-2-6(10-9)5(3-4)7(11)12/h1-3H/p+1. The van der Waals surface area contributed by atoms with Crippen molar-refractivity contribution in [2.45, 2.75) is 0 Å². The van der Waals surface area contributed by atoms with Crippen LogP contribution >= 0.6 is 15.9 Å². The number of carbonyl (C=O) groups is 1. The van der Waals surface area contributed by atoms with Gasteiger partial charge in [-0.05, 0) is 12.1 Å². The van der Waals surface area contributed by atoms with Gasteiger partial charge in [0.25, 0.3) is 0 Å². The smallest absolute Gasteiger partial charge is 0.399 e. The van der Waals surface area contributed by atoms with Gasteiger partial charge in [0.05, 0.1) is 0 Å². The minimum Gasteiger partial charge on any atom is -0.477 e. The van der Waals surface area contributed by atoms with E-state index in [0.717, 1.165) is 0 Å². The number of halogens is 1. The van der Waals surface area contributed by atoms with Crippen LogP contribution in [-0.2, 0) is 0 Å². The number of hydrogen-bond donors (Lipinski definition) is 1. The van der Waals surface area contributed by atoms with Gasteiger partial charge in [0.2, 0.25) is 5.39 Å². The maximum Gasteiger partial charge on any atom is 0.399 e. The molecule has 0 fully saturated rings. The molecular formula is C7H4BrN2O2+. The summed E-state index contributed by atoms with van der Waals surface area (Å²) in [5, 5.41) is 17.0. The van der Waals surface area contributed by atoms with Crippen LogP contribution in [0.4, 0.5) is 5.69 Å². The second-order valence-electron chi connectivity index (χ2n) is 2.07. The van der Waals surface area contributed by atoms with Gasteiger partial charge in [-0.1, -0.05) is 15.9 Å². The van der Waals surface area contributed by atoms with Gasteiger partial charge < -0.3 is 5.11 Å². The Morgan fingerprint density at radius 2 is 2.25 bits per heavy atom. The lowest BCUT2D eigenvalue weighted by Gasteiger charge is -1.90. The molecule has 0 aromatic heterocycles. The van der Waals surface area contributed by atoms with Gasteiger partial charge in [-0.25, -0.2) is 4.79 Å². The van der Waals surface area contributed by atoms with Crippen molar-refractivity contribution in [3.63, 3.8) is 0 Å². The average molecular weight is 228 g/mol. The molecule has 60 valence electrons. The van der Waals surface area contributed by atoms with Crippen molar-refractivity contribution in [3.05, 3.63) is 33.2 Å². The zero-order valence-electron chi connectivity index (χ0n) is 5.86. The van der Waals surface area contributed by atoms with Crippen molar-refractivity contribution in [1.29, 1.82) is 5.39 Å². The number of carboxylic acid groups (broad SMARTS) is 1. The molecular weight excluding hydrogens is 224 g/mol. The predicted octanol–water partition coefficient (Wildman–Crippen LogP) is 2.63. The number of benzene rings is 1. The van der Waals surface area contributed by atoms with E-state index in [-0.39, 0.29) is 11.3 Å². The second kappa shape index (κ2) is 3.32. The molecule has 4 nitrogen and oxygen atoms in total. The van der Waals surface area contributed by atoms with E-state index in [1.54, 1.807) is 6.07 Å². The molecule has 0 aliphatic carbocycles. The molecule has 0 aliphatic heterocycles. The summed E-state index contributed by atoms with van der Waals surface area (Å²) >= 11 is 3.11. The van der Waals surface area contributed by atoms with Crippen LogP contribution in [0.25, 0.3) is 4.98 Å². The molecule has 0 aliphatic rings. The first-order chi connectivity index (χ1) is 5.65. The lowest BCUT2D eigenvalue weighted by Crippen LogP contribution is -1.95. The van der Waals surface area contributed by atoms with E-state index in [4.69, 9.17) is 10.5 Å². The highest BCUT2D eigenvalue weighted by atomic mass is 79.9. The number of diazo groups is 1. The molecule has 0 saturated heterocycles. The lowest BCUT2D eigenvalue weighted by atomic mass is 10.2. The van der Waals surface area contributed by atoms with Gasteiger partial charge in [0, 0.05) is 10.5 Å². The van der Waals surface area contributed by atoms with Crippen molar-refractivity contribution in [2.24, 2.45) is 0 Å². The van der Waals surface area contributed by atoms with Crippen molar-refractivity contribution >= 4 is 27.6 Å². The van der Waals surface area contributed by atoms with Crippen molar-refractivity contribution in [2.75, 3.05) is 0 Å². The van der Waals surface area contributed by atoms with Crippen LogP contribution in [-0.4, -0.2) is 11.1 Å². The maximum atomic E-state index is 10.5. The van der Waals surface area contributed by atoms with Crippen molar-refractivity contribution in [1.82, 2.24) is 0 Å². The Labute approximate surface area is 76.6 Å². The summed E-state index contributed by atoms with van der Waals surface area (Å²) in [7, 11) is 0.